The zero-order valence-corrected chi connectivity index (χ0v) is 9.23. The molecule has 1 unspecified atom stereocenters. The highest BCUT2D eigenvalue weighted by Crippen LogP contribution is 2.52. The Kier molecular flexibility index (Phi) is 2.31. The normalized spacial score (nSPS) is 37.3. The van der Waals surface area contributed by atoms with Gasteiger partial charge in [0.2, 0.25) is 0 Å². The maximum Gasteiger partial charge on any atom is 0.00112 e. The monoisotopic (exact) mass is 193 g/mol. The molecule has 2 saturated carbocycles. The molecule has 3 aliphatic rings. The van der Waals surface area contributed by atoms with Crippen LogP contribution in [0.15, 0.2) is 0 Å². The fourth-order valence-electron chi connectivity index (χ4n) is 4.48. The lowest BCUT2D eigenvalue weighted by molar-refractivity contribution is 0.165. The van der Waals surface area contributed by atoms with E-state index >= 15 is 0 Å². The average molecular weight is 193 g/mol. The summed E-state index contributed by atoms with van der Waals surface area (Å²) in [4.78, 5) is 0. The Bertz CT molecular complexity index is 194. The fraction of sp³-hybridized carbons (Fsp3) is 1.00. The molecule has 1 aliphatic heterocycles. The molecule has 3 fully saturated rings. The first-order valence-corrected chi connectivity index (χ1v) is 6.61. The summed E-state index contributed by atoms with van der Waals surface area (Å²) in [6.45, 7) is 2.68. The van der Waals surface area contributed by atoms with Crippen LogP contribution in [0.1, 0.15) is 51.4 Å². The molecule has 3 rings (SSSR count). The van der Waals surface area contributed by atoms with Crippen molar-refractivity contribution in [2.24, 2.45) is 17.3 Å². The standard InChI is InChI=1S/C13H23N/c1-2-6-11(5-1)12-9-14-10-13(12)7-3-4-8-13/h11-12,14H,1-10H2. The highest BCUT2D eigenvalue weighted by atomic mass is 14.9. The number of nitrogens with one attached hydrogen (secondary N) is 1. The molecular formula is C13H23N. The first kappa shape index (κ1) is 9.21. The maximum absolute atomic E-state index is 3.68. The Morgan fingerprint density at radius 2 is 1.64 bits per heavy atom. The Hall–Kier alpha value is -0.0400. The van der Waals surface area contributed by atoms with Crippen molar-refractivity contribution in [1.29, 1.82) is 0 Å². The van der Waals surface area contributed by atoms with Crippen LogP contribution in [0.2, 0.25) is 0 Å². The van der Waals surface area contributed by atoms with Gasteiger partial charge < -0.3 is 5.32 Å². The lowest BCUT2D eigenvalue weighted by Gasteiger charge is -2.34. The maximum atomic E-state index is 3.68. The Balaban J connectivity index is 1.76. The lowest BCUT2D eigenvalue weighted by atomic mass is 9.70. The van der Waals surface area contributed by atoms with Gasteiger partial charge in [0.15, 0.2) is 0 Å². The molecule has 0 aromatic rings. The van der Waals surface area contributed by atoms with Crippen molar-refractivity contribution in [2.45, 2.75) is 51.4 Å². The van der Waals surface area contributed by atoms with E-state index in [1.807, 2.05) is 0 Å². The smallest absolute Gasteiger partial charge is 0.00112 e. The van der Waals surface area contributed by atoms with Crippen LogP contribution in [0.5, 0.6) is 0 Å². The number of rotatable bonds is 1. The molecular weight excluding hydrogens is 170 g/mol. The van der Waals surface area contributed by atoms with Gasteiger partial charge in [0.05, 0.1) is 0 Å². The van der Waals surface area contributed by atoms with E-state index in [1.54, 1.807) is 0 Å². The van der Waals surface area contributed by atoms with Gasteiger partial charge in [0.25, 0.3) is 0 Å². The molecule has 1 N–H and O–H groups in total. The van der Waals surface area contributed by atoms with Crippen LogP contribution >= 0.6 is 0 Å². The summed E-state index contributed by atoms with van der Waals surface area (Å²) in [6.07, 6.45) is 12.2. The third kappa shape index (κ3) is 1.32. The van der Waals surface area contributed by atoms with Gasteiger partial charge in [-0.15, -0.1) is 0 Å². The molecule has 1 heteroatoms. The highest BCUT2D eigenvalue weighted by Gasteiger charge is 2.47. The summed E-state index contributed by atoms with van der Waals surface area (Å²) in [6, 6.07) is 0. The third-order valence-electron chi connectivity index (χ3n) is 5.20. The van der Waals surface area contributed by atoms with Crippen molar-refractivity contribution >= 4 is 0 Å². The van der Waals surface area contributed by atoms with Crippen LogP contribution < -0.4 is 5.32 Å². The summed E-state index contributed by atoms with van der Waals surface area (Å²) in [5.41, 5.74) is 0.759. The Morgan fingerprint density at radius 1 is 0.929 bits per heavy atom. The van der Waals surface area contributed by atoms with Crippen LogP contribution in [0.25, 0.3) is 0 Å². The molecule has 0 aromatic heterocycles. The molecule has 1 saturated heterocycles. The van der Waals surface area contributed by atoms with Gasteiger partial charge in [-0.1, -0.05) is 38.5 Å². The van der Waals surface area contributed by atoms with E-state index in [-0.39, 0.29) is 0 Å². The van der Waals surface area contributed by atoms with Gasteiger partial charge in [0.1, 0.15) is 0 Å². The second-order valence-corrected chi connectivity index (χ2v) is 5.85. The molecule has 14 heavy (non-hydrogen) atoms. The van der Waals surface area contributed by atoms with Crippen molar-refractivity contribution in [3.05, 3.63) is 0 Å². The van der Waals surface area contributed by atoms with Crippen molar-refractivity contribution in [2.75, 3.05) is 13.1 Å². The molecule has 1 spiro atoms. The zero-order valence-electron chi connectivity index (χ0n) is 9.23. The van der Waals surface area contributed by atoms with Gasteiger partial charge in [-0.25, -0.2) is 0 Å². The summed E-state index contributed by atoms with van der Waals surface area (Å²) < 4.78 is 0. The van der Waals surface area contributed by atoms with Crippen molar-refractivity contribution < 1.29 is 0 Å². The number of hydrogen-bond donors (Lipinski definition) is 1. The van der Waals surface area contributed by atoms with Gasteiger partial charge in [-0.2, -0.15) is 0 Å². The fourth-order valence-corrected chi connectivity index (χ4v) is 4.48. The molecule has 2 aliphatic carbocycles. The van der Waals surface area contributed by atoms with Gasteiger partial charge in [0, 0.05) is 6.54 Å². The second kappa shape index (κ2) is 3.52. The van der Waals surface area contributed by atoms with Crippen molar-refractivity contribution in [3.8, 4) is 0 Å². The third-order valence-corrected chi connectivity index (χ3v) is 5.20. The van der Waals surface area contributed by atoms with E-state index in [4.69, 9.17) is 0 Å². The zero-order chi connectivity index (χ0) is 9.43. The van der Waals surface area contributed by atoms with Crippen molar-refractivity contribution in [1.82, 2.24) is 5.32 Å². The average Bonchev–Trinajstić information content (AvgIpc) is 2.91. The largest absolute Gasteiger partial charge is 0.316 e. The summed E-state index contributed by atoms with van der Waals surface area (Å²) in [5.74, 6) is 2.13. The molecule has 1 nitrogen and oxygen atoms in total. The molecule has 1 atom stereocenters. The predicted molar refractivity (Wildman–Crippen MR) is 59.2 cm³/mol. The molecule has 80 valence electrons. The summed E-state index contributed by atoms with van der Waals surface area (Å²) in [7, 11) is 0. The van der Waals surface area contributed by atoms with Gasteiger partial charge >= 0.3 is 0 Å². The molecule has 0 radical (unpaired) electrons. The van der Waals surface area contributed by atoms with Gasteiger partial charge in [-0.3, -0.25) is 0 Å². The Labute approximate surface area is 87.7 Å². The van der Waals surface area contributed by atoms with E-state index in [0.29, 0.717) is 0 Å². The minimum absolute atomic E-state index is 0.759. The van der Waals surface area contributed by atoms with Crippen LogP contribution in [-0.2, 0) is 0 Å². The van der Waals surface area contributed by atoms with E-state index in [1.165, 1.54) is 64.5 Å². The Morgan fingerprint density at radius 3 is 2.36 bits per heavy atom. The molecule has 0 amide bonds. The van der Waals surface area contributed by atoms with Crippen LogP contribution in [0, 0.1) is 17.3 Å². The molecule has 0 bridgehead atoms. The highest BCUT2D eigenvalue weighted by molar-refractivity contribution is 5.00. The van der Waals surface area contributed by atoms with Crippen LogP contribution in [-0.4, -0.2) is 13.1 Å². The minimum Gasteiger partial charge on any atom is -0.316 e. The minimum atomic E-state index is 0.759. The summed E-state index contributed by atoms with van der Waals surface area (Å²) >= 11 is 0. The van der Waals surface area contributed by atoms with E-state index in [0.717, 1.165) is 17.3 Å². The quantitative estimate of drug-likeness (QED) is 0.675. The lowest BCUT2D eigenvalue weighted by Crippen LogP contribution is -2.31. The van der Waals surface area contributed by atoms with E-state index in [2.05, 4.69) is 5.32 Å². The second-order valence-electron chi connectivity index (χ2n) is 5.85. The first-order valence-electron chi connectivity index (χ1n) is 6.61. The van der Waals surface area contributed by atoms with E-state index in [9.17, 15) is 0 Å². The topological polar surface area (TPSA) is 12.0 Å². The van der Waals surface area contributed by atoms with Gasteiger partial charge in [-0.05, 0) is 36.6 Å². The van der Waals surface area contributed by atoms with Crippen LogP contribution in [0.3, 0.4) is 0 Å². The van der Waals surface area contributed by atoms with Crippen molar-refractivity contribution in [3.63, 3.8) is 0 Å². The SMILES string of the molecule is C1CCC(C2CNCC23CCCC3)C1. The van der Waals surface area contributed by atoms with E-state index < -0.39 is 0 Å². The molecule has 0 aromatic carbocycles. The number of hydrogen-bond acceptors (Lipinski definition) is 1. The molecule has 1 heterocycles. The van der Waals surface area contributed by atoms with Crippen LogP contribution in [0.4, 0.5) is 0 Å². The first-order chi connectivity index (χ1) is 6.91. The predicted octanol–water partition coefficient (Wildman–Crippen LogP) is 2.96. The summed E-state index contributed by atoms with van der Waals surface area (Å²) in [5, 5.41) is 3.68.